The average molecular weight is 402 g/mol. The Hall–Kier alpha value is -3.18. The molecule has 2 N–H and O–H groups in total. The van der Waals surface area contributed by atoms with Crippen molar-refractivity contribution in [2.75, 3.05) is 13.1 Å². The molecule has 2 aromatic carbocycles. The Balaban J connectivity index is 1.25. The van der Waals surface area contributed by atoms with Gasteiger partial charge in [-0.05, 0) is 43.0 Å². The average Bonchev–Trinajstić information content (AvgIpc) is 3.28. The summed E-state index contributed by atoms with van der Waals surface area (Å²) in [6.07, 6.45) is 11.1. The number of quaternary nitrogens is 1. The highest BCUT2D eigenvalue weighted by Crippen LogP contribution is 2.09. The Morgan fingerprint density at radius 1 is 1.00 bits per heavy atom. The fourth-order valence-corrected chi connectivity index (χ4v) is 3.86. The van der Waals surface area contributed by atoms with Crippen molar-refractivity contribution in [2.24, 2.45) is 0 Å². The van der Waals surface area contributed by atoms with Gasteiger partial charge in [-0.2, -0.15) is 5.10 Å². The summed E-state index contributed by atoms with van der Waals surface area (Å²) in [7, 11) is 0. The van der Waals surface area contributed by atoms with E-state index >= 15 is 0 Å². The number of carbonyl (C=O) groups is 1. The molecule has 154 valence electrons. The van der Waals surface area contributed by atoms with E-state index in [4.69, 9.17) is 0 Å². The number of hydrogen-bond acceptors (Lipinski definition) is 2. The van der Waals surface area contributed by atoms with Gasteiger partial charge in [-0.3, -0.25) is 4.79 Å². The minimum Gasteiger partial charge on any atom is -0.348 e. The van der Waals surface area contributed by atoms with E-state index < -0.39 is 0 Å². The van der Waals surface area contributed by atoms with Crippen molar-refractivity contribution >= 4 is 12.0 Å². The molecular weight excluding hydrogens is 372 g/mol. The van der Waals surface area contributed by atoms with Gasteiger partial charge in [-0.15, -0.1) is 0 Å². The largest absolute Gasteiger partial charge is 0.348 e. The van der Waals surface area contributed by atoms with E-state index in [-0.39, 0.29) is 5.91 Å². The third-order valence-electron chi connectivity index (χ3n) is 5.55. The number of likely N-dealkylation sites (tertiary alicyclic amines) is 1. The lowest BCUT2D eigenvalue weighted by Gasteiger charge is -2.23. The third-order valence-corrected chi connectivity index (χ3v) is 5.55. The second kappa shape index (κ2) is 10.0. The van der Waals surface area contributed by atoms with Crippen molar-refractivity contribution in [1.29, 1.82) is 0 Å². The van der Waals surface area contributed by atoms with Crippen LogP contribution in [-0.2, 0) is 17.9 Å². The Labute approximate surface area is 178 Å². The standard InChI is InChI=1S/C25H28N4O/c30-25(14-13-23-18-27-29(20-23)24-7-3-1-4-8-24)26-17-21-9-11-22(12-10-21)19-28-15-5-2-6-16-28/h1,3-4,7-14,18,20H,2,5-6,15-17,19H2,(H,26,30)/p+1/b14-13+. The minimum absolute atomic E-state index is 0.107. The number of carbonyl (C=O) groups excluding carboxylic acids is 1. The molecule has 0 spiro atoms. The van der Waals surface area contributed by atoms with Gasteiger partial charge in [-0.25, -0.2) is 4.68 Å². The molecule has 1 amide bonds. The second-order valence-electron chi connectivity index (χ2n) is 7.91. The number of amides is 1. The molecule has 0 saturated carbocycles. The van der Waals surface area contributed by atoms with Gasteiger partial charge in [0.1, 0.15) is 6.54 Å². The lowest BCUT2D eigenvalue weighted by Crippen LogP contribution is -3.11. The van der Waals surface area contributed by atoms with Gasteiger partial charge in [0, 0.05) is 29.9 Å². The number of nitrogens with one attached hydrogen (secondary N) is 2. The van der Waals surface area contributed by atoms with Crippen molar-refractivity contribution in [3.8, 4) is 5.69 Å². The van der Waals surface area contributed by atoms with Gasteiger partial charge in [-0.1, -0.05) is 42.5 Å². The quantitative estimate of drug-likeness (QED) is 0.598. The maximum Gasteiger partial charge on any atom is 0.244 e. The fourth-order valence-electron chi connectivity index (χ4n) is 3.86. The van der Waals surface area contributed by atoms with Crippen LogP contribution in [0.3, 0.4) is 0 Å². The van der Waals surface area contributed by atoms with E-state index in [0.717, 1.165) is 23.4 Å². The monoisotopic (exact) mass is 401 g/mol. The first-order valence-electron chi connectivity index (χ1n) is 10.7. The van der Waals surface area contributed by atoms with Gasteiger partial charge in [0.15, 0.2) is 0 Å². The smallest absolute Gasteiger partial charge is 0.244 e. The SMILES string of the molecule is O=C(/C=C/c1cnn(-c2ccccc2)c1)NCc1ccc(C[NH+]2CCCCC2)cc1. The number of nitrogens with zero attached hydrogens (tertiary/aromatic N) is 2. The summed E-state index contributed by atoms with van der Waals surface area (Å²) >= 11 is 0. The lowest BCUT2D eigenvalue weighted by atomic mass is 10.1. The molecule has 0 radical (unpaired) electrons. The fraction of sp³-hybridized carbons (Fsp3) is 0.280. The van der Waals surface area contributed by atoms with Crippen LogP contribution in [0, 0.1) is 0 Å². The molecule has 0 bridgehead atoms. The molecule has 5 heteroatoms. The minimum atomic E-state index is -0.107. The Morgan fingerprint density at radius 2 is 1.73 bits per heavy atom. The molecule has 2 heterocycles. The van der Waals surface area contributed by atoms with Crippen LogP contribution in [0.2, 0.25) is 0 Å². The molecule has 0 unspecified atom stereocenters. The third kappa shape index (κ3) is 5.67. The topological polar surface area (TPSA) is 51.4 Å². The summed E-state index contributed by atoms with van der Waals surface area (Å²) in [5.74, 6) is -0.107. The van der Waals surface area contributed by atoms with Crippen molar-refractivity contribution in [3.05, 3.63) is 89.8 Å². The summed E-state index contributed by atoms with van der Waals surface area (Å²) in [5, 5.41) is 7.29. The number of piperidine rings is 1. The van der Waals surface area contributed by atoms with Gasteiger partial charge < -0.3 is 10.2 Å². The zero-order chi connectivity index (χ0) is 20.6. The molecule has 1 aliphatic heterocycles. The summed E-state index contributed by atoms with van der Waals surface area (Å²) in [6, 6.07) is 18.5. The highest BCUT2D eigenvalue weighted by Gasteiger charge is 2.13. The molecule has 0 aliphatic carbocycles. The first kappa shape index (κ1) is 20.1. The van der Waals surface area contributed by atoms with E-state index in [0.29, 0.717) is 6.54 Å². The first-order valence-corrected chi connectivity index (χ1v) is 10.7. The maximum atomic E-state index is 12.2. The van der Waals surface area contributed by atoms with Crippen molar-refractivity contribution in [3.63, 3.8) is 0 Å². The molecule has 1 aliphatic rings. The summed E-state index contributed by atoms with van der Waals surface area (Å²) in [5.41, 5.74) is 4.37. The van der Waals surface area contributed by atoms with Crippen molar-refractivity contribution in [2.45, 2.75) is 32.4 Å². The van der Waals surface area contributed by atoms with Crippen LogP contribution in [0.15, 0.2) is 73.1 Å². The van der Waals surface area contributed by atoms with Crippen LogP contribution in [-0.4, -0.2) is 28.8 Å². The highest BCUT2D eigenvalue weighted by atomic mass is 16.1. The van der Waals surface area contributed by atoms with Crippen molar-refractivity contribution in [1.82, 2.24) is 15.1 Å². The zero-order valence-electron chi connectivity index (χ0n) is 17.3. The Kier molecular flexibility index (Phi) is 6.72. The number of aromatic nitrogens is 2. The summed E-state index contributed by atoms with van der Waals surface area (Å²) in [6.45, 7) is 4.21. The zero-order valence-corrected chi connectivity index (χ0v) is 17.3. The van der Waals surface area contributed by atoms with Gasteiger partial charge in [0.05, 0.1) is 25.0 Å². The van der Waals surface area contributed by atoms with Crippen LogP contribution in [0.4, 0.5) is 0 Å². The van der Waals surface area contributed by atoms with Crippen LogP contribution < -0.4 is 10.2 Å². The molecule has 1 saturated heterocycles. The number of benzene rings is 2. The second-order valence-corrected chi connectivity index (χ2v) is 7.91. The number of rotatable bonds is 7. The van der Waals surface area contributed by atoms with Gasteiger partial charge >= 0.3 is 0 Å². The molecule has 30 heavy (non-hydrogen) atoms. The van der Waals surface area contributed by atoms with E-state index in [1.54, 1.807) is 27.9 Å². The molecular formula is C25H29N4O+. The molecule has 1 aromatic heterocycles. The Morgan fingerprint density at radius 3 is 2.50 bits per heavy atom. The maximum absolute atomic E-state index is 12.2. The molecule has 5 nitrogen and oxygen atoms in total. The van der Waals surface area contributed by atoms with E-state index in [2.05, 4.69) is 34.7 Å². The summed E-state index contributed by atoms with van der Waals surface area (Å²) < 4.78 is 1.80. The predicted octanol–water partition coefficient (Wildman–Crippen LogP) is 2.77. The highest BCUT2D eigenvalue weighted by molar-refractivity contribution is 5.91. The molecule has 1 fully saturated rings. The molecule has 4 rings (SSSR count). The van der Waals surface area contributed by atoms with Crippen LogP contribution in [0.5, 0.6) is 0 Å². The van der Waals surface area contributed by atoms with Gasteiger partial charge in [0.25, 0.3) is 0 Å². The van der Waals surface area contributed by atoms with E-state index in [1.807, 2.05) is 36.5 Å². The lowest BCUT2D eigenvalue weighted by molar-refractivity contribution is -0.918. The molecule has 3 aromatic rings. The van der Waals surface area contributed by atoms with Gasteiger partial charge in [0.2, 0.25) is 5.91 Å². The normalized spacial score (nSPS) is 14.8. The van der Waals surface area contributed by atoms with Crippen LogP contribution >= 0.6 is 0 Å². The number of para-hydroxylation sites is 1. The van der Waals surface area contributed by atoms with E-state index in [1.165, 1.54) is 37.9 Å². The van der Waals surface area contributed by atoms with Crippen LogP contribution in [0.1, 0.15) is 36.0 Å². The number of hydrogen-bond donors (Lipinski definition) is 2. The Bertz CT molecular complexity index is 970. The van der Waals surface area contributed by atoms with Crippen LogP contribution in [0.25, 0.3) is 11.8 Å². The predicted molar refractivity (Wildman–Crippen MR) is 119 cm³/mol. The molecule has 0 atom stereocenters. The van der Waals surface area contributed by atoms with E-state index in [9.17, 15) is 4.79 Å². The summed E-state index contributed by atoms with van der Waals surface area (Å²) in [4.78, 5) is 13.9. The first-order chi connectivity index (χ1) is 14.8. The van der Waals surface area contributed by atoms with Crippen molar-refractivity contribution < 1.29 is 9.69 Å².